The third-order valence-electron chi connectivity index (χ3n) is 2.94. The molecule has 1 amide bonds. The lowest BCUT2D eigenvalue weighted by Crippen LogP contribution is -2.14. The van der Waals surface area contributed by atoms with Crippen LogP contribution < -0.4 is 20.5 Å². The summed E-state index contributed by atoms with van der Waals surface area (Å²) < 4.78 is 11.2. The van der Waals surface area contributed by atoms with Crippen LogP contribution in [0.1, 0.15) is 10.4 Å². The fraction of sp³-hybridized carbons (Fsp3) is 0.133. The Labute approximate surface area is 141 Å². The van der Waals surface area contributed by atoms with Crippen LogP contribution in [0.4, 0.5) is 11.4 Å². The van der Waals surface area contributed by atoms with Gasteiger partial charge in [0.25, 0.3) is 5.91 Å². The fourth-order valence-electron chi connectivity index (χ4n) is 1.92. The minimum Gasteiger partial charge on any atom is -0.496 e. The molecule has 2 aromatic rings. The predicted octanol–water partition coefficient (Wildman–Crippen LogP) is 3.95. The van der Waals surface area contributed by atoms with Gasteiger partial charge in [-0.1, -0.05) is 27.5 Å². The molecule has 116 valence electrons. The van der Waals surface area contributed by atoms with Crippen molar-refractivity contribution in [1.82, 2.24) is 0 Å². The Morgan fingerprint density at radius 1 is 1.18 bits per heavy atom. The summed E-state index contributed by atoms with van der Waals surface area (Å²) in [6, 6.07) is 8.26. The van der Waals surface area contributed by atoms with Crippen molar-refractivity contribution in [1.29, 1.82) is 0 Å². The standard InChI is InChI=1S/C15H14BrClN2O3/c1-21-12-4-3-8(16)5-10(12)15(20)19-14-11(17)6-9(18)7-13(14)22-2/h3-7H,18H2,1-2H3,(H,19,20). The van der Waals surface area contributed by atoms with Crippen LogP contribution in [-0.2, 0) is 0 Å². The van der Waals surface area contributed by atoms with Crippen molar-refractivity contribution in [2.75, 3.05) is 25.3 Å². The average molecular weight is 386 g/mol. The number of rotatable bonds is 4. The van der Waals surface area contributed by atoms with Crippen LogP contribution in [0.25, 0.3) is 0 Å². The number of methoxy groups -OCH3 is 2. The molecule has 22 heavy (non-hydrogen) atoms. The van der Waals surface area contributed by atoms with Gasteiger partial charge in [-0.2, -0.15) is 0 Å². The van der Waals surface area contributed by atoms with Crippen LogP contribution in [0, 0.1) is 0 Å². The first-order valence-corrected chi connectivity index (χ1v) is 7.41. The highest BCUT2D eigenvalue weighted by molar-refractivity contribution is 9.10. The molecule has 0 saturated heterocycles. The second-order valence-corrected chi connectivity index (χ2v) is 5.70. The number of halogens is 2. The number of carbonyl (C=O) groups excluding carboxylic acids is 1. The number of nitrogen functional groups attached to an aromatic ring is 1. The Morgan fingerprint density at radius 2 is 1.86 bits per heavy atom. The van der Waals surface area contributed by atoms with Crippen molar-refractivity contribution >= 4 is 44.8 Å². The number of nitrogens with two attached hydrogens (primary N) is 1. The third-order valence-corrected chi connectivity index (χ3v) is 3.73. The van der Waals surface area contributed by atoms with Crippen LogP contribution in [-0.4, -0.2) is 20.1 Å². The molecule has 0 heterocycles. The lowest BCUT2D eigenvalue weighted by Gasteiger charge is -2.14. The normalized spacial score (nSPS) is 10.2. The summed E-state index contributed by atoms with van der Waals surface area (Å²) in [5.74, 6) is 0.460. The van der Waals surface area contributed by atoms with Crippen molar-refractivity contribution in [3.63, 3.8) is 0 Å². The highest BCUT2D eigenvalue weighted by Crippen LogP contribution is 2.36. The van der Waals surface area contributed by atoms with Gasteiger partial charge < -0.3 is 20.5 Å². The maximum atomic E-state index is 12.5. The molecular formula is C15H14BrClN2O3. The molecule has 0 aliphatic rings. The van der Waals surface area contributed by atoms with Gasteiger partial charge in [0.15, 0.2) is 0 Å². The lowest BCUT2D eigenvalue weighted by molar-refractivity contribution is 0.102. The molecule has 0 unspecified atom stereocenters. The van der Waals surface area contributed by atoms with E-state index in [1.165, 1.54) is 20.3 Å². The van der Waals surface area contributed by atoms with E-state index < -0.39 is 0 Å². The molecule has 0 saturated carbocycles. The zero-order chi connectivity index (χ0) is 16.3. The van der Waals surface area contributed by atoms with Crippen LogP contribution in [0.15, 0.2) is 34.8 Å². The number of nitrogens with one attached hydrogen (secondary N) is 1. The summed E-state index contributed by atoms with van der Waals surface area (Å²) in [6.45, 7) is 0. The van der Waals surface area contributed by atoms with Crippen molar-refractivity contribution < 1.29 is 14.3 Å². The van der Waals surface area contributed by atoms with E-state index >= 15 is 0 Å². The number of amides is 1. The lowest BCUT2D eigenvalue weighted by atomic mass is 10.1. The summed E-state index contributed by atoms with van der Waals surface area (Å²) >= 11 is 9.46. The van der Waals surface area contributed by atoms with E-state index in [9.17, 15) is 4.79 Å². The zero-order valence-electron chi connectivity index (χ0n) is 11.9. The number of carbonyl (C=O) groups is 1. The number of ether oxygens (including phenoxy) is 2. The molecule has 0 aliphatic carbocycles. The fourth-order valence-corrected chi connectivity index (χ4v) is 2.55. The predicted molar refractivity (Wildman–Crippen MR) is 91.1 cm³/mol. The van der Waals surface area contributed by atoms with Crippen molar-refractivity contribution in [3.8, 4) is 11.5 Å². The van der Waals surface area contributed by atoms with Gasteiger partial charge in [0.05, 0.1) is 24.8 Å². The van der Waals surface area contributed by atoms with E-state index in [2.05, 4.69) is 21.2 Å². The van der Waals surface area contributed by atoms with Crippen LogP contribution in [0.2, 0.25) is 5.02 Å². The molecule has 0 atom stereocenters. The molecule has 2 aromatic carbocycles. The van der Waals surface area contributed by atoms with Crippen LogP contribution >= 0.6 is 27.5 Å². The zero-order valence-corrected chi connectivity index (χ0v) is 14.3. The van der Waals surface area contributed by atoms with Gasteiger partial charge in [-0.05, 0) is 24.3 Å². The Kier molecular flexibility index (Phi) is 5.15. The van der Waals surface area contributed by atoms with Crippen LogP contribution in [0.5, 0.6) is 11.5 Å². The largest absolute Gasteiger partial charge is 0.496 e. The molecule has 7 heteroatoms. The molecule has 3 N–H and O–H groups in total. The van der Waals surface area contributed by atoms with Crippen LogP contribution in [0.3, 0.4) is 0 Å². The summed E-state index contributed by atoms with van der Waals surface area (Å²) in [5.41, 5.74) is 6.87. The molecule has 0 spiro atoms. The number of benzene rings is 2. The minimum atomic E-state index is -0.372. The summed E-state index contributed by atoms with van der Waals surface area (Å²) in [7, 11) is 2.97. The first kappa shape index (κ1) is 16.5. The molecule has 5 nitrogen and oxygen atoms in total. The second-order valence-electron chi connectivity index (χ2n) is 4.38. The van der Waals surface area contributed by atoms with E-state index in [4.69, 9.17) is 26.8 Å². The highest BCUT2D eigenvalue weighted by Gasteiger charge is 2.17. The molecule has 0 radical (unpaired) electrons. The number of anilines is 2. The highest BCUT2D eigenvalue weighted by atomic mass is 79.9. The van der Waals surface area contributed by atoms with Gasteiger partial charge in [0, 0.05) is 16.2 Å². The van der Waals surface area contributed by atoms with Gasteiger partial charge in [0.1, 0.15) is 17.2 Å². The van der Waals surface area contributed by atoms with E-state index in [0.29, 0.717) is 33.5 Å². The van der Waals surface area contributed by atoms with Crippen molar-refractivity contribution in [3.05, 3.63) is 45.4 Å². The first-order valence-electron chi connectivity index (χ1n) is 6.24. The topological polar surface area (TPSA) is 73.6 Å². The number of hydrogen-bond acceptors (Lipinski definition) is 4. The summed E-state index contributed by atoms with van der Waals surface area (Å²) in [4.78, 5) is 12.5. The SMILES string of the molecule is COc1ccc(Br)cc1C(=O)Nc1c(Cl)cc(N)cc1OC. The van der Waals surface area contributed by atoms with Crippen molar-refractivity contribution in [2.45, 2.75) is 0 Å². The van der Waals surface area contributed by atoms with Gasteiger partial charge in [-0.15, -0.1) is 0 Å². The quantitative estimate of drug-likeness (QED) is 0.782. The second kappa shape index (κ2) is 6.89. The maximum Gasteiger partial charge on any atom is 0.259 e. The average Bonchev–Trinajstić information content (AvgIpc) is 2.49. The Balaban J connectivity index is 2.40. The Bertz CT molecular complexity index is 722. The third kappa shape index (κ3) is 3.45. The Morgan fingerprint density at radius 3 is 2.50 bits per heavy atom. The molecule has 0 fully saturated rings. The van der Waals surface area contributed by atoms with E-state index in [-0.39, 0.29) is 5.91 Å². The maximum absolute atomic E-state index is 12.5. The molecule has 0 bridgehead atoms. The van der Waals surface area contributed by atoms with Gasteiger partial charge >= 0.3 is 0 Å². The molecule has 0 aromatic heterocycles. The van der Waals surface area contributed by atoms with E-state index in [1.54, 1.807) is 24.3 Å². The first-order chi connectivity index (χ1) is 10.5. The summed E-state index contributed by atoms with van der Waals surface area (Å²) in [6.07, 6.45) is 0. The molecule has 2 rings (SSSR count). The summed E-state index contributed by atoms with van der Waals surface area (Å²) in [5, 5.41) is 3.01. The van der Waals surface area contributed by atoms with Gasteiger partial charge in [-0.3, -0.25) is 4.79 Å². The smallest absolute Gasteiger partial charge is 0.259 e. The monoisotopic (exact) mass is 384 g/mol. The van der Waals surface area contributed by atoms with Gasteiger partial charge in [0.2, 0.25) is 0 Å². The number of hydrogen-bond donors (Lipinski definition) is 2. The Hall–Kier alpha value is -1.92. The minimum absolute atomic E-state index is 0.291. The molecule has 0 aliphatic heterocycles. The van der Waals surface area contributed by atoms with E-state index in [0.717, 1.165) is 4.47 Å². The van der Waals surface area contributed by atoms with E-state index in [1.807, 2.05) is 0 Å². The van der Waals surface area contributed by atoms with Gasteiger partial charge in [-0.25, -0.2) is 0 Å². The molecular weight excluding hydrogens is 372 g/mol. The van der Waals surface area contributed by atoms with Crippen molar-refractivity contribution in [2.24, 2.45) is 0 Å².